The van der Waals surface area contributed by atoms with Gasteiger partial charge in [0, 0.05) is 11.3 Å². The molecule has 2 atom stereocenters. The summed E-state index contributed by atoms with van der Waals surface area (Å²) >= 11 is 4.00. The highest BCUT2D eigenvalue weighted by Crippen LogP contribution is 2.22. The van der Waals surface area contributed by atoms with E-state index in [0.29, 0.717) is 29.2 Å². The Morgan fingerprint density at radius 3 is 2.67 bits per heavy atom. The fraction of sp³-hybridized carbons (Fsp3) is 0.500. The van der Waals surface area contributed by atoms with Crippen molar-refractivity contribution in [1.29, 1.82) is 0 Å². The summed E-state index contributed by atoms with van der Waals surface area (Å²) in [5, 5.41) is 19.4. The first-order chi connectivity index (χ1) is 7.06. The van der Waals surface area contributed by atoms with Crippen molar-refractivity contribution in [3.05, 3.63) is 23.4 Å². The van der Waals surface area contributed by atoms with E-state index in [1.54, 1.807) is 19.1 Å². The molecule has 15 heavy (non-hydrogen) atoms. The molecule has 0 aromatic carbocycles. The van der Waals surface area contributed by atoms with Crippen LogP contribution in [-0.4, -0.2) is 27.1 Å². The van der Waals surface area contributed by atoms with Gasteiger partial charge < -0.3 is 15.9 Å². The van der Waals surface area contributed by atoms with Gasteiger partial charge in [-0.1, -0.05) is 6.07 Å². The highest BCUT2D eigenvalue weighted by Gasteiger charge is 2.19. The van der Waals surface area contributed by atoms with Crippen LogP contribution in [0.15, 0.2) is 12.1 Å². The van der Waals surface area contributed by atoms with E-state index >= 15 is 0 Å². The van der Waals surface area contributed by atoms with E-state index in [1.165, 1.54) is 0 Å². The van der Waals surface area contributed by atoms with E-state index in [0.717, 1.165) is 0 Å². The molecule has 0 fully saturated rings. The van der Waals surface area contributed by atoms with Crippen LogP contribution in [0.25, 0.3) is 0 Å². The van der Waals surface area contributed by atoms with Crippen molar-refractivity contribution in [2.75, 3.05) is 11.5 Å². The van der Waals surface area contributed by atoms with Gasteiger partial charge in [0.15, 0.2) is 0 Å². The van der Waals surface area contributed by atoms with Gasteiger partial charge in [0.25, 0.3) is 0 Å². The van der Waals surface area contributed by atoms with Crippen LogP contribution >= 0.6 is 12.6 Å². The van der Waals surface area contributed by atoms with Gasteiger partial charge in [0.1, 0.15) is 11.9 Å². The van der Waals surface area contributed by atoms with Crippen molar-refractivity contribution in [2.45, 2.75) is 25.6 Å². The Balaban J connectivity index is 2.86. The monoisotopic (exact) mass is 228 g/mol. The predicted octanol–water partition coefficient (Wildman–Crippen LogP) is 0.686. The Kier molecular flexibility index (Phi) is 4.38. The van der Waals surface area contributed by atoms with Crippen molar-refractivity contribution >= 4 is 18.4 Å². The molecule has 0 saturated carbocycles. The fourth-order valence-electron chi connectivity index (χ4n) is 1.40. The predicted molar refractivity (Wildman–Crippen MR) is 62.8 cm³/mol. The smallest absolute Gasteiger partial charge is 0.123 e. The van der Waals surface area contributed by atoms with E-state index in [4.69, 9.17) is 5.73 Å². The lowest BCUT2D eigenvalue weighted by atomic mass is 10.0. The molecule has 4 nitrogen and oxygen atoms in total. The molecule has 1 aromatic rings. The number of pyridine rings is 1. The molecule has 4 N–H and O–H groups in total. The molecular formula is C10H16N2O2S. The molecular weight excluding hydrogens is 212 g/mol. The third-order valence-corrected chi connectivity index (χ3v) is 2.51. The summed E-state index contributed by atoms with van der Waals surface area (Å²) in [5.41, 5.74) is 6.74. The highest BCUT2D eigenvalue weighted by atomic mass is 32.1. The van der Waals surface area contributed by atoms with Crippen LogP contribution < -0.4 is 5.73 Å². The number of aliphatic hydroxyl groups is 2. The molecule has 1 heterocycles. The average Bonchev–Trinajstić information content (AvgIpc) is 2.17. The van der Waals surface area contributed by atoms with Crippen LogP contribution in [-0.2, 0) is 0 Å². The number of hydrogen-bond acceptors (Lipinski definition) is 5. The Morgan fingerprint density at radius 1 is 1.47 bits per heavy atom. The quantitative estimate of drug-likeness (QED) is 0.572. The van der Waals surface area contributed by atoms with Crippen molar-refractivity contribution in [1.82, 2.24) is 4.98 Å². The minimum atomic E-state index is -0.926. The van der Waals surface area contributed by atoms with Crippen LogP contribution in [0.3, 0.4) is 0 Å². The second kappa shape index (κ2) is 5.34. The molecule has 1 aromatic heterocycles. The number of hydrogen-bond donors (Lipinski definition) is 4. The Labute approximate surface area is 94.6 Å². The molecule has 0 aliphatic heterocycles. The summed E-state index contributed by atoms with van der Waals surface area (Å²) in [5.74, 6) is 0.937. The summed E-state index contributed by atoms with van der Waals surface area (Å²) < 4.78 is 0. The highest BCUT2D eigenvalue weighted by molar-refractivity contribution is 7.80. The summed E-state index contributed by atoms with van der Waals surface area (Å²) in [6, 6.07) is 3.29. The average molecular weight is 228 g/mol. The molecule has 84 valence electrons. The normalized spacial score (nSPS) is 14.9. The minimum absolute atomic E-state index is 0.409. The van der Waals surface area contributed by atoms with Gasteiger partial charge in [-0.25, -0.2) is 4.98 Å². The van der Waals surface area contributed by atoms with Gasteiger partial charge in [0.05, 0.1) is 6.10 Å². The summed E-state index contributed by atoms with van der Waals surface area (Å²) in [7, 11) is 0. The van der Waals surface area contributed by atoms with Gasteiger partial charge >= 0.3 is 0 Å². The SMILES string of the molecule is Cc1nc(N)ccc1C(O)C(O)CCS. The number of nitrogen functional groups attached to an aromatic ring is 1. The first kappa shape index (κ1) is 12.3. The molecule has 0 bridgehead atoms. The maximum atomic E-state index is 9.83. The van der Waals surface area contributed by atoms with Gasteiger partial charge in [-0.15, -0.1) is 0 Å². The second-order valence-corrected chi connectivity index (χ2v) is 3.88. The zero-order valence-corrected chi connectivity index (χ0v) is 9.48. The molecule has 0 aliphatic carbocycles. The van der Waals surface area contributed by atoms with Gasteiger partial charge in [-0.3, -0.25) is 0 Å². The Bertz CT molecular complexity index is 333. The van der Waals surface area contributed by atoms with Crippen molar-refractivity contribution in [3.63, 3.8) is 0 Å². The van der Waals surface area contributed by atoms with E-state index in [1.807, 2.05) is 0 Å². The number of aryl methyl sites for hydroxylation is 1. The van der Waals surface area contributed by atoms with Crippen LogP contribution in [0.1, 0.15) is 23.8 Å². The first-order valence-corrected chi connectivity index (χ1v) is 5.39. The van der Waals surface area contributed by atoms with Crippen LogP contribution in [0.4, 0.5) is 5.82 Å². The first-order valence-electron chi connectivity index (χ1n) is 4.76. The number of anilines is 1. The Morgan fingerprint density at radius 2 is 2.13 bits per heavy atom. The molecule has 0 radical (unpaired) electrons. The molecule has 0 aliphatic rings. The van der Waals surface area contributed by atoms with E-state index in [9.17, 15) is 10.2 Å². The number of nitrogens with zero attached hydrogens (tertiary/aromatic N) is 1. The van der Waals surface area contributed by atoms with Crippen LogP contribution in [0, 0.1) is 6.92 Å². The van der Waals surface area contributed by atoms with E-state index < -0.39 is 12.2 Å². The summed E-state index contributed by atoms with van der Waals surface area (Å²) in [6.45, 7) is 1.75. The van der Waals surface area contributed by atoms with E-state index in [-0.39, 0.29) is 0 Å². The topological polar surface area (TPSA) is 79.4 Å². The molecule has 2 unspecified atom stereocenters. The molecule has 0 amide bonds. The molecule has 5 heteroatoms. The summed E-state index contributed by atoms with van der Waals surface area (Å²) in [4.78, 5) is 4.02. The van der Waals surface area contributed by atoms with Gasteiger partial charge in [-0.05, 0) is 25.2 Å². The molecule has 1 rings (SSSR count). The van der Waals surface area contributed by atoms with Crippen LogP contribution in [0.5, 0.6) is 0 Å². The third kappa shape index (κ3) is 3.09. The lowest BCUT2D eigenvalue weighted by Crippen LogP contribution is -2.20. The number of aromatic nitrogens is 1. The van der Waals surface area contributed by atoms with Crippen molar-refractivity contribution < 1.29 is 10.2 Å². The zero-order chi connectivity index (χ0) is 11.4. The summed E-state index contributed by atoms with van der Waals surface area (Å²) in [6.07, 6.45) is -1.30. The number of aliphatic hydroxyl groups excluding tert-OH is 2. The standard InChI is InChI=1S/C10H16N2O2S/c1-6-7(2-3-9(11)12-6)10(14)8(13)4-5-15/h2-3,8,10,13-15H,4-5H2,1H3,(H2,11,12). The largest absolute Gasteiger partial charge is 0.390 e. The lowest BCUT2D eigenvalue weighted by molar-refractivity contribution is 0.0166. The second-order valence-electron chi connectivity index (χ2n) is 3.44. The maximum Gasteiger partial charge on any atom is 0.123 e. The minimum Gasteiger partial charge on any atom is -0.390 e. The fourth-order valence-corrected chi connectivity index (χ4v) is 1.67. The third-order valence-electron chi connectivity index (χ3n) is 2.26. The number of thiol groups is 1. The lowest BCUT2D eigenvalue weighted by Gasteiger charge is -2.18. The van der Waals surface area contributed by atoms with Crippen LogP contribution in [0.2, 0.25) is 0 Å². The van der Waals surface area contributed by atoms with Crippen molar-refractivity contribution in [2.24, 2.45) is 0 Å². The van der Waals surface area contributed by atoms with Gasteiger partial charge in [-0.2, -0.15) is 12.6 Å². The van der Waals surface area contributed by atoms with Gasteiger partial charge in [0.2, 0.25) is 0 Å². The number of nitrogens with two attached hydrogens (primary N) is 1. The molecule has 0 saturated heterocycles. The van der Waals surface area contributed by atoms with E-state index in [2.05, 4.69) is 17.6 Å². The Hall–Kier alpha value is -0.780. The van der Waals surface area contributed by atoms with Crippen molar-refractivity contribution in [3.8, 4) is 0 Å². The number of rotatable bonds is 4. The zero-order valence-electron chi connectivity index (χ0n) is 8.59. The maximum absolute atomic E-state index is 9.83. The molecule has 0 spiro atoms.